The summed E-state index contributed by atoms with van der Waals surface area (Å²) in [4.78, 5) is 7.26. The van der Waals surface area contributed by atoms with Crippen molar-refractivity contribution in [3.63, 3.8) is 0 Å². The van der Waals surface area contributed by atoms with Crippen molar-refractivity contribution in [2.24, 2.45) is 10.9 Å². The Bertz CT molecular complexity index is 420. The molecule has 0 aromatic carbocycles. The molecule has 19 heavy (non-hydrogen) atoms. The molecule has 0 unspecified atom stereocenters. The first-order valence-electron chi connectivity index (χ1n) is 7.02. The molecule has 2 aliphatic heterocycles. The van der Waals surface area contributed by atoms with Gasteiger partial charge < -0.3 is 9.64 Å². The van der Waals surface area contributed by atoms with Crippen LogP contribution < -0.4 is 0 Å². The molecule has 0 amide bonds. The van der Waals surface area contributed by atoms with Crippen LogP contribution >= 0.6 is 0 Å². The standard InChI is InChI=1S/C16H24N2O/c1-5-13-7-6-8-14-9-10-16(18(13)14)17-15(11-19-4)12(2)3/h5-8,12-13,15H,1,9-11H2,2-4H3/t13-,15-/m1/s1. The second-order valence-corrected chi connectivity index (χ2v) is 5.45. The van der Waals surface area contributed by atoms with Crippen LogP contribution in [0.3, 0.4) is 0 Å². The van der Waals surface area contributed by atoms with E-state index in [0.29, 0.717) is 12.5 Å². The van der Waals surface area contributed by atoms with E-state index in [1.807, 2.05) is 6.08 Å². The summed E-state index contributed by atoms with van der Waals surface area (Å²) in [6.45, 7) is 9.00. The molecule has 1 saturated heterocycles. The Labute approximate surface area is 116 Å². The molecule has 0 bridgehead atoms. The fourth-order valence-corrected chi connectivity index (χ4v) is 2.59. The molecular formula is C16H24N2O. The van der Waals surface area contributed by atoms with Crippen molar-refractivity contribution in [1.82, 2.24) is 4.90 Å². The summed E-state index contributed by atoms with van der Waals surface area (Å²) in [6, 6.07) is 0.479. The molecule has 1 fully saturated rings. The molecule has 0 aromatic heterocycles. The van der Waals surface area contributed by atoms with E-state index in [0.717, 1.165) is 12.8 Å². The van der Waals surface area contributed by atoms with Crippen molar-refractivity contribution in [2.75, 3.05) is 13.7 Å². The second-order valence-electron chi connectivity index (χ2n) is 5.45. The van der Waals surface area contributed by atoms with Crippen molar-refractivity contribution in [2.45, 2.75) is 38.8 Å². The average molecular weight is 260 g/mol. The van der Waals surface area contributed by atoms with Gasteiger partial charge in [-0.05, 0) is 18.4 Å². The summed E-state index contributed by atoms with van der Waals surface area (Å²) in [6.07, 6.45) is 10.5. The molecule has 0 spiro atoms. The van der Waals surface area contributed by atoms with Gasteiger partial charge in [-0.15, -0.1) is 6.58 Å². The third kappa shape index (κ3) is 2.98. The lowest BCUT2D eigenvalue weighted by molar-refractivity contribution is 0.164. The number of methoxy groups -OCH3 is 1. The molecule has 2 atom stereocenters. The molecule has 2 rings (SSSR count). The lowest BCUT2D eigenvalue weighted by Gasteiger charge is -2.30. The minimum atomic E-state index is 0.232. The Morgan fingerprint density at radius 2 is 2.32 bits per heavy atom. The van der Waals surface area contributed by atoms with Gasteiger partial charge in [-0.1, -0.05) is 32.1 Å². The minimum absolute atomic E-state index is 0.232. The van der Waals surface area contributed by atoms with Crippen LogP contribution in [0.25, 0.3) is 0 Å². The van der Waals surface area contributed by atoms with E-state index < -0.39 is 0 Å². The Kier molecular flexibility index (Phi) is 4.59. The Morgan fingerprint density at radius 1 is 1.53 bits per heavy atom. The number of aliphatic imine (C=N–C) groups is 1. The van der Waals surface area contributed by atoms with Gasteiger partial charge >= 0.3 is 0 Å². The monoisotopic (exact) mass is 260 g/mol. The van der Waals surface area contributed by atoms with Crippen LogP contribution in [0.2, 0.25) is 0 Å². The van der Waals surface area contributed by atoms with Crippen molar-refractivity contribution in [3.05, 3.63) is 36.6 Å². The van der Waals surface area contributed by atoms with Crippen LogP contribution in [-0.2, 0) is 4.74 Å². The summed E-state index contributed by atoms with van der Waals surface area (Å²) < 4.78 is 5.29. The zero-order valence-corrected chi connectivity index (χ0v) is 12.2. The van der Waals surface area contributed by atoms with Crippen LogP contribution in [0.1, 0.15) is 26.7 Å². The Hall–Kier alpha value is -1.35. The lowest BCUT2D eigenvalue weighted by atomic mass is 10.1. The number of nitrogens with zero attached hydrogens (tertiary/aromatic N) is 2. The minimum Gasteiger partial charge on any atom is -0.382 e. The van der Waals surface area contributed by atoms with E-state index in [1.54, 1.807) is 7.11 Å². The molecule has 3 heteroatoms. The van der Waals surface area contributed by atoms with Crippen LogP contribution in [0.15, 0.2) is 41.6 Å². The van der Waals surface area contributed by atoms with Gasteiger partial charge in [-0.2, -0.15) is 0 Å². The molecule has 0 N–H and O–H groups in total. The van der Waals surface area contributed by atoms with Gasteiger partial charge in [0.15, 0.2) is 0 Å². The molecule has 3 nitrogen and oxygen atoms in total. The van der Waals surface area contributed by atoms with Crippen molar-refractivity contribution in [3.8, 4) is 0 Å². The van der Waals surface area contributed by atoms with E-state index in [2.05, 4.69) is 43.6 Å². The predicted molar refractivity (Wildman–Crippen MR) is 80.2 cm³/mol. The Balaban J connectivity index is 2.22. The molecule has 104 valence electrons. The van der Waals surface area contributed by atoms with Crippen LogP contribution in [0, 0.1) is 5.92 Å². The smallest absolute Gasteiger partial charge is 0.105 e. The summed E-state index contributed by atoms with van der Waals surface area (Å²) in [7, 11) is 1.74. The first kappa shape index (κ1) is 14.1. The maximum Gasteiger partial charge on any atom is 0.105 e. The van der Waals surface area contributed by atoms with Crippen molar-refractivity contribution >= 4 is 5.84 Å². The van der Waals surface area contributed by atoms with E-state index >= 15 is 0 Å². The molecule has 2 aliphatic rings. The topological polar surface area (TPSA) is 24.8 Å². The number of hydrogen-bond acceptors (Lipinski definition) is 2. The summed E-state index contributed by atoms with van der Waals surface area (Å²) >= 11 is 0. The van der Waals surface area contributed by atoms with Crippen LogP contribution in [0.5, 0.6) is 0 Å². The maximum absolute atomic E-state index is 5.29. The first-order chi connectivity index (χ1) is 9.17. The normalized spacial score (nSPS) is 25.7. The van der Waals surface area contributed by atoms with E-state index in [4.69, 9.17) is 9.73 Å². The van der Waals surface area contributed by atoms with Crippen LogP contribution in [-0.4, -0.2) is 36.5 Å². The van der Waals surface area contributed by atoms with Crippen molar-refractivity contribution < 1.29 is 4.74 Å². The highest BCUT2D eigenvalue weighted by Gasteiger charge is 2.30. The first-order valence-corrected chi connectivity index (χ1v) is 7.02. The largest absolute Gasteiger partial charge is 0.382 e. The number of allylic oxidation sites excluding steroid dienone is 3. The number of amidine groups is 1. The SMILES string of the molecule is C=C[C@@H]1C=CC=C2CCC(=N[C@H](COC)C(C)C)N21. The molecule has 0 radical (unpaired) electrons. The maximum atomic E-state index is 5.29. The lowest BCUT2D eigenvalue weighted by Crippen LogP contribution is -2.35. The van der Waals surface area contributed by atoms with E-state index in [9.17, 15) is 0 Å². The van der Waals surface area contributed by atoms with Gasteiger partial charge in [-0.25, -0.2) is 0 Å². The fraction of sp³-hybridized carbons (Fsp3) is 0.562. The highest BCUT2D eigenvalue weighted by atomic mass is 16.5. The Morgan fingerprint density at radius 3 is 2.95 bits per heavy atom. The summed E-state index contributed by atoms with van der Waals surface area (Å²) in [5.41, 5.74) is 1.35. The van der Waals surface area contributed by atoms with E-state index in [-0.39, 0.29) is 12.1 Å². The molecule has 0 aliphatic carbocycles. The zero-order valence-electron chi connectivity index (χ0n) is 12.2. The highest BCUT2D eigenvalue weighted by Crippen LogP contribution is 2.30. The highest BCUT2D eigenvalue weighted by molar-refractivity contribution is 5.88. The third-order valence-corrected chi connectivity index (χ3v) is 3.75. The molecule has 0 aromatic rings. The quantitative estimate of drug-likeness (QED) is 0.709. The van der Waals surface area contributed by atoms with Crippen molar-refractivity contribution in [1.29, 1.82) is 0 Å². The zero-order chi connectivity index (χ0) is 13.8. The van der Waals surface area contributed by atoms with E-state index in [1.165, 1.54) is 11.5 Å². The second kappa shape index (κ2) is 6.20. The molecular weight excluding hydrogens is 236 g/mol. The van der Waals surface area contributed by atoms with Gasteiger partial charge in [0.25, 0.3) is 0 Å². The van der Waals surface area contributed by atoms with Gasteiger partial charge in [-0.3, -0.25) is 4.99 Å². The molecule has 2 heterocycles. The number of fused-ring (bicyclic) bond motifs is 1. The fourth-order valence-electron chi connectivity index (χ4n) is 2.59. The van der Waals surface area contributed by atoms with Crippen LogP contribution in [0.4, 0.5) is 0 Å². The molecule has 0 saturated carbocycles. The predicted octanol–water partition coefficient (Wildman–Crippen LogP) is 3.16. The summed E-state index contributed by atoms with van der Waals surface area (Å²) in [5, 5.41) is 0. The van der Waals surface area contributed by atoms with Gasteiger partial charge in [0, 0.05) is 19.2 Å². The average Bonchev–Trinajstić information content (AvgIpc) is 2.81. The van der Waals surface area contributed by atoms with Gasteiger partial charge in [0.1, 0.15) is 5.84 Å². The number of rotatable bonds is 5. The number of ether oxygens (including phenoxy) is 1. The summed E-state index contributed by atoms with van der Waals surface area (Å²) in [5.74, 6) is 1.67. The third-order valence-electron chi connectivity index (χ3n) is 3.75. The van der Waals surface area contributed by atoms with Gasteiger partial charge in [0.2, 0.25) is 0 Å². The van der Waals surface area contributed by atoms with Gasteiger partial charge in [0.05, 0.1) is 18.7 Å². The number of hydrogen-bond donors (Lipinski definition) is 0.